The van der Waals surface area contributed by atoms with E-state index in [0.717, 1.165) is 16.8 Å². The fourth-order valence-electron chi connectivity index (χ4n) is 2.72. The Hall–Kier alpha value is -2.27. The number of nitrogens with one attached hydrogen (secondary N) is 1. The second kappa shape index (κ2) is 6.69. The first-order valence-electron chi connectivity index (χ1n) is 7.93. The molecule has 24 heavy (non-hydrogen) atoms. The number of rotatable bonds is 5. The van der Waals surface area contributed by atoms with Crippen LogP contribution in [0.15, 0.2) is 41.1 Å². The number of furan rings is 1. The van der Waals surface area contributed by atoms with Crippen LogP contribution in [0.25, 0.3) is 11.0 Å². The maximum atomic E-state index is 12.3. The minimum absolute atomic E-state index is 0.0825. The molecule has 0 aliphatic carbocycles. The van der Waals surface area contributed by atoms with Gasteiger partial charge in [0.05, 0.1) is 6.04 Å². The first-order valence-corrected chi connectivity index (χ1v) is 8.31. The van der Waals surface area contributed by atoms with Gasteiger partial charge in [0.15, 0.2) is 0 Å². The minimum Gasteiger partial charge on any atom is -0.459 e. The molecule has 1 atom stereocenters. The molecule has 126 valence electrons. The Morgan fingerprint density at radius 1 is 1.33 bits per heavy atom. The van der Waals surface area contributed by atoms with Crippen molar-refractivity contribution in [2.24, 2.45) is 0 Å². The summed E-state index contributed by atoms with van der Waals surface area (Å²) in [5, 5.41) is 4.55. The van der Waals surface area contributed by atoms with Crippen LogP contribution in [0.3, 0.4) is 0 Å². The van der Waals surface area contributed by atoms with Crippen molar-refractivity contribution in [3.8, 4) is 0 Å². The summed E-state index contributed by atoms with van der Waals surface area (Å²) in [6.45, 7) is 6.25. The zero-order valence-electron chi connectivity index (χ0n) is 13.9. The van der Waals surface area contributed by atoms with E-state index in [2.05, 4.69) is 24.1 Å². The van der Waals surface area contributed by atoms with Crippen molar-refractivity contribution < 1.29 is 9.21 Å². The number of amides is 1. The van der Waals surface area contributed by atoms with Gasteiger partial charge in [0.2, 0.25) is 5.91 Å². The van der Waals surface area contributed by atoms with Crippen LogP contribution in [0, 0.1) is 0 Å². The van der Waals surface area contributed by atoms with E-state index in [0.29, 0.717) is 10.8 Å². The van der Waals surface area contributed by atoms with Crippen molar-refractivity contribution in [1.82, 2.24) is 14.9 Å². The standard InChI is InChI=1S/C18H20ClN3O2/c1-11(2)18-20-6-7-22(18)10-17(23)21-12(3)16-9-13-8-14(19)4-5-15(13)24-16/h4-9,11-12H,10H2,1-3H3,(H,21,23). The number of imidazole rings is 1. The smallest absolute Gasteiger partial charge is 0.240 e. The molecule has 0 saturated heterocycles. The lowest BCUT2D eigenvalue weighted by Gasteiger charge is -2.14. The Bertz CT molecular complexity index is 866. The summed E-state index contributed by atoms with van der Waals surface area (Å²) in [6.07, 6.45) is 3.54. The monoisotopic (exact) mass is 345 g/mol. The van der Waals surface area contributed by atoms with Gasteiger partial charge >= 0.3 is 0 Å². The average Bonchev–Trinajstić information content (AvgIpc) is 3.12. The molecule has 0 saturated carbocycles. The van der Waals surface area contributed by atoms with Crippen molar-refractivity contribution in [3.05, 3.63) is 53.3 Å². The molecule has 5 nitrogen and oxygen atoms in total. The predicted octanol–water partition coefficient (Wildman–Crippen LogP) is 4.28. The fraction of sp³-hybridized carbons (Fsp3) is 0.333. The van der Waals surface area contributed by atoms with Gasteiger partial charge < -0.3 is 14.3 Å². The van der Waals surface area contributed by atoms with Crippen molar-refractivity contribution >= 4 is 28.5 Å². The van der Waals surface area contributed by atoms with Gasteiger partial charge in [-0.1, -0.05) is 25.4 Å². The Morgan fingerprint density at radius 3 is 2.88 bits per heavy atom. The quantitative estimate of drug-likeness (QED) is 0.750. The summed E-state index contributed by atoms with van der Waals surface area (Å²) in [4.78, 5) is 16.6. The Labute approximate surface area is 145 Å². The third kappa shape index (κ3) is 3.46. The van der Waals surface area contributed by atoms with Gasteiger partial charge in [0.1, 0.15) is 23.7 Å². The second-order valence-electron chi connectivity index (χ2n) is 6.19. The maximum Gasteiger partial charge on any atom is 0.240 e. The number of benzene rings is 1. The zero-order valence-corrected chi connectivity index (χ0v) is 14.7. The molecule has 6 heteroatoms. The summed E-state index contributed by atoms with van der Waals surface area (Å²) in [5.74, 6) is 1.79. The highest BCUT2D eigenvalue weighted by molar-refractivity contribution is 6.31. The number of aromatic nitrogens is 2. The number of fused-ring (bicyclic) bond motifs is 1. The van der Waals surface area contributed by atoms with Crippen molar-refractivity contribution in [1.29, 1.82) is 0 Å². The SMILES string of the molecule is CC(C)c1nccn1CC(=O)NC(C)c1cc2cc(Cl)ccc2o1. The van der Waals surface area contributed by atoms with Crippen LogP contribution >= 0.6 is 11.6 Å². The number of nitrogens with zero attached hydrogens (tertiary/aromatic N) is 2. The number of carbonyl (C=O) groups excluding carboxylic acids is 1. The summed E-state index contributed by atoms with van der Waals surface area (Å²) < 4.78 is 7.66. The number of hydrogen-bond acceptors (Lipinski definition) is 3. The van der Waals surface area contributed by atoms with Gasteiger partial charge in [0.25, 0.3) is 0 Å². The highest BCUT2D eigenvalue weighted by atomic mass is 35.5. The number of hydrogen-bond donors (Lipinski definition) is 1. The van der Waals surface area contributed by atoms with Crippen LogP contribution < -0.4 is 5.32 Å². The van der Waals surface area contributed by atoms with E-state index < -0.39 is 0 Å². The Balaban J connectivity index is 1.70. The van der Waals surface area contributed by atoms with Crippen LogP contribution in [0.5, 0.6) is 0 Å². The normalized spacial score (nSPS) is 12.7. The highest BCUT2D eigenvalue weighted by Crippen LogP contribution is 2.26. The summed E-state index contributed by atoms with van der Waals surface area (Å²) in [7, 11) is 0. The zero-order chi connectivity index (χ0) is 17.3. The Morgan fingerprint density at radius 2 is 2.12 bits per heavy atom. The molecule has 2 heterocycles. The molecule has 0 fully saturated rings. The molecule has 0 radical (unpaired) electrons. The van der Waals surface area contributed by atoms with E-state index in [1.165, 1.54) is 0 Å². The molecule has 2 aromatic heterocycles. The van der Waals surface area contributed by atoms with Crippen molar-refractivity contribution in [3.63, 3.8) is 0 Å². The predicted molar refractivity (Wildman–Crippen MR) is 94.1 cm³/mol. The molecule has 0 aliphatic heterocycles. The van der Waals surface area contributed by atoms with Gasteiger partial charge in [-0.05, 0) is 31.2 Å². The number of carbonyl (C=O) groups is 1. The van der Waals surface area contributed by atoms with Crippen LogP contribution in [0.4, 0.5) is 0 Å². The fourth-order valence-corrected chi connectivity index (χ4v) is 2.90. The lowest BCUT2D eigenvalue weighted by molar-refractivity contribution is -0.122. The Kier molecular flexibility index (Phi) is 4.62. The molecule has 3 aromatic rings. The summed E-state index contributed by atoms with van der Waals surface area (Å²) in [6, 6.07) is 7.14. The topological polar surface area (TPSA) is 60.1 Å². The lowest BCUT2D eigenvalue weighted by atomic mass is 10.2. The van der Waals surface area contributed by atoms with Crippen LogP contribution in [-0.4, -0.2) is 15.5 Å². The van der Waals surface area contributed by atoms with E-state index in [-0.39, 0.29) is 24.4 Å². The largest absolute Gasteiger partial charge is 0.459 e. The first-order chi connectivity index (χ1) is 11.4. The van der Waals surface area contributed by atoms with Gasteiger partial charge in [0, 0.05) is 28.7 Å². The van der Waals surface area contributed by atoms with E-state index in [4.69, 9.17) is 16.0 Å². The third-order valence-corrected chi connectivity index (χ3v) is 4.11. The molecular weight excluding hydrogens is 326 g/mol. The van der Waals surface area contributed by atoms with E-state index >= 15 is 0 Å². The molecule has 1 amide bonds. The van der Waals surface area contributed by atoms with E-state index in [1.54, 1.807) is 12.3 Å². The molecule has 1 aromatic carbocycles. The van der Waals surface area contributed by atoms with E-state index in [9.17, 15) is 4.79 Å². The van der Waals surface area contributed by atoms with Crippen molar-refractivity contribution in [2.45, 2.75) is 39.3 Å². The average molecular weight is 346 g/mol. The molecule has 3 rings (SSSR count). The van der Waals surface area contributed by atoms with Gasteiger partial charge in [-0.3, -0.25) is 4.79 Å². The third-order valence-electron chi connectivity index (χ3n) is 3.88. The van der Waals surface area contributed by atoms with Gasteiger partial charge in [-0.15, -0.1) is 0 Å². The summed E-state index contributed by atoms with van der Waals surface area (Å²) in [5.41, 5.74) is 0.757. The molecule has 0 bridgehead atoms. The molecular formula is C18H20ClN3O2. The molecule has 0 spiro atoms. The van der Waals surface area contributed by atoms with Crippen LogP contribution in [0.1, 0.15) is 44.3 Å². The molecule has 1 N–H and O–H groups in total. The lowest BCUT2D eigenvalue weighted by Crippen LogP contribution is -2.30. The van der Waals surface area contributed by atoms with E-state index in [1.807, 2.05) is 35.9 Å². The van der Waals surface area contributed by atoms with Gasteiger partial charge in [-0.2, -0.15) is 0 Å². The molecule has 1 unspecified atom stereocenters. The van der Waals surface area contributed by atoms with Gasteiger partial charge in [-0.25, -0.2) is 4.98 Å². The number of halogens is 1. The summed E-state index contributed by atoms with van der Waals surface area (Å²) >= 11 is 5.99. The first kappa shape index (κ1) is 16.6. The maximum absolute atomic E-state index is 12.3. The second-order valence-corrected chi connectivity index (χ2v) is 6.62. The van der Waals surface area contributed by atoms with Crippen LogP contribution in [-0.2, 0) is 11.3 Å². The van der Waals surface area contributed by atoms with Crippen LogP contribution in [0.2, 0.25) is 5.02 Å². The minimum atomic E-state index is -0.227. The van der Waals surface area contributed by atoms with Crippen molar-refractivity contribution in [2.75, 3.05) is 0 Å². The molecule has 0 aliphatic rings. The highest BCUT2D eigenvalue weighted by Gasteiger charge is 2.16.